The van der Waals surface area contributed by atoms with Gasteiger partial charge in [-0.2, -0.15) is 10.4 Å². The van der Waals surface area contributed by atoms with Gasteiger partial charge in [-0.1, -0.05) is 30.3 Å². The largest absolute Gasteiger partial charge is 0.457 e. The van der Waals surface area contributed by atoms with Crippen LogP contribution in [0.1, 0.15) is 27.0 Å². The molecule has 3 aromatic carbocycles. The maximum absolute atomic E-state index is 12.7. The van der Waals surface area contributed by atoms with Crippen LogP contribution in [0.3, 0.4) is 0 Å². The molecule has 0 radical (unpaired) electrons. The quantitative estimate of drug-likeness (QED) is 0.303. The number of amides is 1. The SMILES string of the molecule is Cc1ccc(CNC(=O)c2cc3cccnn3c2)c(C#N)c1Nc1ccc(Oc2ccccc2)cc1. The standard InChI is InChI=1S/C29H23N5O2/c1-20-9-10-21(18-31-29(35)22-16-24-6-5-15-32-34(24)19-22)27(17-30)28(20)33-23-11-13-26(14-12-23)36-25-7-3-2-4-8-25/h2-16,19,33H,18H2,1H3,(H,31,35). The Labute approximate surface area is 208 Å². The number of nitrogens with one attached hydrogen (secondary N) is 2. The topological polar surface area (TPSA) is 91.5 Å². The molecule has 176 valence electrons. The third-order valence-electron chi connectivity index (χ3n) is 5.79. The molecule has 0 saturated carbocycles. The molecule has 5 rings (SSSR count). The van der Waals surface area contributed by atoms with Gasteiger partial charge in [-0.15, -0.1) is 0 Å². The van der Waals surface area contributed by atoms with E-state index in [4.69, 9.17) is 4.74 Å². The number of para-hydroxylation sites is 1. The zero-order valence-corrected chi connectivity index (χ0v) is 19.6. The van der Waals surface area contributed by atoms with E-state index in [-0.39, 0.29) is 12.5 Å². The Morgan fingerprint density at radius 1 is 1.00 bits per heavy atom. The number of aromatic nitrogens is 2. The monoisotopic (exact) mass is 473 g/mol. The molecular formula is C29H23N5O2. The van der Waals surface area contributed by atoms with Crippen LogP contribution in [0, 0.1) is 18.3 Å². The van der Waals surface area contributed by atoms with Gasteiger partial charge in [0.15, 0.2) is 0 Å². The van der Waals surface area contributed by atoms with Crippen LogP contribution in [-0.4, -0.2) is 15.5 Å². The maximum atomic E-state index is 12.7. The van der Waals surface area contributed by atoms with Crippen LogP contribution in [0.15, 0.2) is 97.3 Å². The average molecular weight is 474 g/mol. The molecule has 1 amide bonds. The minimum Gasteiger partial charge on any atom is -0.457 e. The van der Waals surface area contributed by atoms with Crippen molar-refractivity contribution in [1.29, 1.82) is 5.26 Å². The van der Waals surface area contributed by atoms with Gasteiger partial charge in [-0.3, -0.25) is 4.79 Å². The summed E-state index contributed by atoms with van der Waals surface area (Å²) in [6, 6.07) is 28.7. The molecule has 0 aliphatic rings. The summed E-state index contributed by atoms with van der Waals surface area (Å²) in [5, 5.41) is 20.4. The van der Waals surface area contributed by atoms with Crippen LogP contribution >= 0.6 is 0 Å². The lowest BCUT2D eigenvalue weighted by molar-refractivity contribution is 0.0951. The van der Waals surface area contributed by atoms with E-state index >= 15 is 0 Å². The summed E-state index contributed by atoms with van der Waals surface area (Å²) in [5.41, 5.74) is 5.02. The van der Waals surface area contributed by atoms with E-state index in [1.54, 1.807) is 23.0 Å². The Morgan fingerprint density at radius 2 is 1.78 bits per heavy atom. The van der Waals surface area contributed by atoms with Gasteiger partial charge in [0.2, 0.25) is 0 Å². The smallest absolute Gasteiger partial charge is 0.253 e. The summed E-state index contributed by atoms with van der Waals surface area (Å²) >= 11 is 0. The Morgan fingerprint density at radius 3 is 2.53 bits per heavy atom. The van der Waals surface area contributed by atoms with Crippen LogP contribution in [0.4, 0.5) is 11.4 Å². The molecule has 5 aromatic rings. The summed E-state index contributed by atoms with van der Waals surface area (Å²) < 4.78 is 7.51. The van der Waals surface area contributed by atoms with E-state index < -0.39 is 0 Å². The minimum absolute atomic E-state index is 0.222. The molecule has 36 heavy (non-hydrogen) atoms. The van der Waals surface area contributed by atoms with E-state index in [2.05, 4.69) is 21.8 Å². The van der Waals surface area contributed by atoms with Crippen molar-refractivity contribution in [3.63, 3.8) is 0 Å². The summed E-state index contributed by atoms with van der Waals surface area (Å²) in [4.78, 5) is 12.7. The molecule has 0 fully saturated rings. The second kappa shape index (κ2) is 10.0. The number of benzene rings is 3. The first kappa shape index (κ1) is 22.7. The molecule has 7 heteroatoms. The highest BCUT2D eigenvalue weighted by molar-refractivity contribution is 5.95. The van der Waals surface area contributed by atoms with E-state index in [0.717, 1.165) is 28.1 Å². The first-order valence-corrected chi connectivity index (χ1v) is 11.4. The number of aryl methyl sites for hydroxylation is 1. The zero-order chi connectivity index (χ0) is 24.9. The fraction of sp³-hybridized carbons (Fsp3) is 0.0690. The molecule has 0 spiro atoms. The number of nitriles is 1. The summed E-state index contributed by atoms with van der Waals surface area (Å²) in [6.45, 7) is 2.17. The third-order valence-corrected chi connectivity index (χ3v) is 5.79. The van der Waals surface area contributed by atoms with Crippen LogP contribution in [0.5, 0.6) is 11.5 Å². The lowest BCUT2D eigenvalue weighted by Gasteiger charge is -2.15. The lowest BCUT2D eigenvalue weighted by Crippen LogP contribution is -2.23. The van der Waals surface area contributed by atoms with E-state index in [1.165, 1.54) is 0 Å². The number of nitrogens with zero attached hydrogens (tertiary/aromatic N) is 3. The van der Waals surface area contributed by atoms with E-state index in [1.807, 2.05) is 85.8 Å². The molecule has 0 aliphatic carbocycles. The van der Waals surface area contributed by atoms with Gasteiger partial charge in [0.1, 0.15) is 17.6 Å². The van der Waals surface area contributed by atoms with Gasteiger partial charge in [0.25, 0.3) is 5.91 Å². The third kappa shape index (κ3) is 4.88. The molecule has 0 saturated heterocycles. The normalized spacial score (nSPS) is 10.6. The zero-order valence-electron chi connectivity index (χ0n) is 19.6. The van der Waals surface area contributed by atoms with Crippen molar-refractivity contribution in [3.8, 4) is 17.6 Å². The molecule has 0 unspecified atom stereocenters. The van der Waals surface area contributed by atoms with Gasteiger partial charge in [0, 0.05) is 24.6 Å². The Hall–Kier alpha value is -5.09. The van der Waals surface area contributed by atoms with Crippen molar-refractivity contribution in [2.45, 2.75) is 13.5 Å². The molecule has 0 bridgehead atoms. The first-order chi connectivity index (χ1) is 17.6. The number of fused-ring (bicyclic) bond motifs is 1. The van der Waals surface area contributed by atoms with Crippen LogP contribution < -0.4 is 15.4 Å². The number of rotatable bonds is 7. The van der Waals surface area contributed by atoms with Gasteiger partial charge >= 0.3 is 0 Å². The molecule has 2 N–H and O–H groups in total. The number of carbonyl (C=O) groups excluding carboxylic acids is 1. The van der Waals surface area contributed by atoms with Gasteiger partial charge < -0.3 is 15.4 Å². The fourth-order valence-corrected chi connectivity index (χ4v) is 3.91. The highest BCUT2D eigenvalue weighted by Gasteiger charge is 2.14. The van der Waals surface area contributed by atoms with Crippen LogP contribution in [0.2, 0.25) is 0 Å². The van der Waals surface area contributed by atoms with Gasteiger partial charge in [-0.05, 0) is 72.6 Å². The second-order valence-corrected chi connectivity index (χ2v) is 8.27. The predicted molar refractivity (Wildman–Crippen MR) is 138 cm³/mol. The number of hydrogen-bond acceptors (Lipinski definition) is 5. The number of carbonyl (C=O) groups is 1. The van der Waals surface area contributed by atoms with Crippen molar-refractivity contribution < 1.29 is 9.53 Å². The Bertz CT molecular complexity index is 1530. The molecule has 2 heterocycles. The van der Waals surface area contributed by atoms with E-state index in [9.17, 15) is 10.1 Å². The summed E-state index contributed by atoms with van der Waals surface area (Å²) in [7, 11) is 0. The van der Waals surface area contributed by atoms with Crippen molar-refractivity contribution >= 4 is 22.8 Å². The molecule has 0 aliphatic heterocycles. The number of anilines is 2. The average Bonchev–Trinajstić information content (AvgIpc) is 3.35. The predicted octanol–water partition coefficient (Wildman–Crippen LogP) is 5.98. The molecule has 7 nitrogen and oxygen atoms in total. The van der Waals surface area contributed by atoms with Crippen molar-refractivity contribution in [2.24, 2.45) is 0 Å². The summed E-state index contributed by atoms with van der Waals surface area (Å²) in [6.07, 6.45) is 3.35. The Balaban J connectivity index is 1.31. The maximum Gasteiger partial charge on any atom is 0.253 e. The first-order valence-electron chi connectivity index (χ1n) is 11.4. The Kier molecular flexibility index (Phi) is 6.33. The van der Waals surface area contributed by atoms with Crippen molar-refractivity contribution in [3.05, 3.63) is 120 Å². The molecular weight excluding hydrogens is 450 g/mol. The highest BCUT2D eigenvalue weighted by Crippen LogP contribution is 2.29. The molecule has 0 atom stereocenters. The van der Waals surface area contributed by atoms with Crippen LogP contribution in [-0.2, 0) is 6.54 Å². The fourth-order valence-electron chi connectivity index (χ4n) is 3.91. The number of ether oxygens (including phenoxy) is 1. The lowest BCUT2D eigenvalue weighted by atomic mass is 10.0. The second-order valence-electron chi connectivity index (χ2n) is 8.27. The van der Waals surface area contributed by atoms with E-state index in [0.29, 0.717) is 22.6 Å². The van der Waals surface area contributed by atoms with Gasteiger partial charge in [0.05, 0.1) is 22.3 Å². The van der Waals surface area contributed by atoms with Crippen molar-refractivity contribution in [1.82, 2.24) is 14.9 Å². The summed E-state index contributed by atoms with van der Waals surface area (Å²) in [5.74, 6) is 1.25. The molecule has 2 aromatic heterocycles. The minimum atomic E-state index is -0.228. The highest BCUT2D eigenvalue weighted by atomic mass is 16.5. The van der Waals surface area contributed by atoms with Crippen molar-refractivity contribution in [2.75, 3.05) is 5.32 Å². The number of hydrogen-bond donors (Lipinski definition) is 2. The van der Waals surface area contributed by atoms with Crippen LogP contribution in [0.25, 0.3) is 5.52 Å². The van der Waals surface area contributed by atoms with Gasteiger partial charge in [-0.25, -0.2) is 4.52 Å².